The number of rotatable bonds is 5. The lowest BCUT2D eigenvalue weighted by molar-refractivity contribution is -0.139. The molecular weight excluding hydrogens is 236 g/mol. The SMILES string of the molecule is C=C1CCCC(C)(C)C1CC/C=C(\C)COC(C)=O. The summed E-state index contributed by atoms with van der Waals surface area (Å²) in [5, 5.41) is 0. The Labute approximate surface area is 117 Å². The van der Waals surface area contributed by atoms with Gasteiger partial charge in [-0.2, -0.15) is 0 Å². The van der Waals surface area contributed by atoms with Crippen molar-refractivity contribution < 1.29 is 9.53 Å². The van der Waals surface area contributed by atoms with Gasteiger partial charge in [-0.15, -0.1) is 0 Å². The van der Waals surface area contributed by atoms with Crippen LogP contribution >= 0.6 is 0 Å². The molecule has 0 amide bonds. The minimum atomic E-state index is -0.213. The van der Waals surface area contributed by atoms with Crippen molar-refractivity contribution in [1.29, 1.82) is 0 Å². The Morgan fingerprint density at radius 2 is 2.16 bits per heavy atom. The first-order valence-electron chi connectivity index (χ1n) is 7.29. The summed E-state index contributed by atoms with van der Waals surface area (Å²) in [6, 6.07) is 0. The van der Waals surface area contributed by atoms with Crippen molar-refractivity contribution in [2.24, 2.45) is 11.3 Å². The van der Waals surface area contributed by atoms with Crippen LogP contribution in [0.5, 0.6) is 0 Å². The van der Waals surface area contributed by atoms with Crippen molar-refractivity contribution in [1.82, 2.24) is 0 Å². The van der Waals surface area contributed by atoms with Crippen molar-refractivity contribution in [3.05, 3.63) is 23.8 Å². The predicted octanol–water partition coefficient (Wildman–Crippen LogP) is 4.66. The molecule has 0 aromatic rings. The lowest BCUT2D eigenvalue weighted by atomic mass is 9.65. The van der Waals surface area contributed by atoms with Gasteiger partial charge in [0.1, 0.15) is 6.61 Å². The van der Waals surface area contributed by atoms with E-state index in [0.29, 0.717) is 17.9 Å². The molecule has 1 fully saturated rings. The van der Waals surface area contributed by atoms with E-state index < -0.39 is 0 Å². The van der Waals surface area contributed by atoms with E-state index in [4.69, 9.17) is 4.74 Å². The Bertz CT molecular complexity index is 363. The highest BCUT2D eigenvalue weighted by molar-refractivity contribution is 5.66. The summed E-state index contributed by atoms with van der Waals surface area (Å²) in [5.74, 6) is 0.411. The summed E-state index contributed by atoms with van der Waals surface area (Å²) in [6.07, 6.45) is 8.16. The fourth-order valence-corrected chi connectivity index (χ4v) is 3.04. The highest BCUT2D eigenvalue weighted by atomic mass is 16.5. The van der Waals surface area contributed by atoms with E-state index in [0.717, 1.165) is 18.4 Å². The maximum Gasteiger partial charge on any atom is 0.302 e. The fourth-order valence-electron chi connectivity index (χ4n) is 3.04. The van der Waals surface area contributed by atoms with Gasteiger partial charge in [-0.05, 0) is 55.9 Å². The second-order valence-electron chi connectivity index (χ2n) is 6.46. The van der Waals surface area contributed by atoms with Crippen molar-refractivity contribution in [2.75, 3.05) is 6.61 Å². The Morgan fingerprint density at radius 3 is 2.74 bits per heavy atom. The molecule has 0 bridgehead atoms. The zero-order chi connectivity index (χ0) is 14.5. The van der Waals surface area contributed by atoms with Crippen LogP contribution in [0.2, 0.25) is 0 Å². The number of carbonyl (C=O) groups excluding carboxylic acids is 1. The molecule has 0 spiro atoms. The van der Waals surface area contributed by atoms with E-state index in [1.807, 2.05) is 6.92 Å². The van der Waals surface area contributed by atoms with Crippen LogP contribution in [-0.4, -0.2) is 12.6 Å². The summed E-state index contributed by atoms with van der Waals surface area (Å²) in [4.78, 5) is 10.7. The molecule has 1 saturated carbocycles. The minimum Gasteiger partial charge on any atom is -0.461 e. The van der Waals surface area contributed by atoms with Crippen LogP contribution in [0.15, 0.2) is 23.8 Å². The normalized spacial score (nSPS) is 23.3. The summed E-state index contributed by atoms with van der Waals surface area (Å²) < 4.78 is 4.98. The van der Waals surface area contributed by atoms with Gasteiger partial charge in [-0.25, -0.2) is 0 Å². The molecule has 1 aliphatic rings. The zero-order valence-corrected chi connectivity index (χ0v) is 12.9. The van der Waals surface area contributed by atoms with Gasteiger partial charge in [0, 0.05) is 6.92 Å². The predicted molar refractivity (Wildman–Crippen MR) is 79.9 cm³/mol. The molecule has 0 aliphatic heterocycles. The molecule has 0 saturated heterocycles. The molecular formula is C17H28O2. The van der Waals surface area contributed by atoms with Gasteiger partial charge in [-0.1, -0.05) is 32.1 Å². The Balaban J connectivity index is 2.44. The standard InChI is InChI=1S/C17H28O2/c1-13(12-19-15(3)18)8-6-10-16-14(2)9-7-11-17(16,4)5/h8,16H,2,6-7,9-12H2,1,3-5H3/b13-8+. The molecule has 19 heavy (non-hydrogen) atoms. The molecule has 0 radical (unpaired) electrons. The number of ether oxygens (including phenoxy) is 1. The van der Waals surface area contributed by atoms with Crippen LogP contribution in [0.3, 0.4) is 0 Å². The molecule has 0 aromatic carbocycles. The first-order chi connectivity index (χ1) is 8.83. The Kier molecular flexibility index (Phi) is 5.84. The molecule has 1 aliphatic carbocycles. The maximum atomic E-state index is 10.7. The second kappa shape index (κ2) is 6.93. The van der Waals surface area contributed by atoms with E-state index in [9.17, 15) is 4.79 Å². The maximum absolute atomic E-state index is 10.7. The van der Waals surface area contributed by atoms with Crippen molar-refractivity contribution in [3.63, 3.8) is 0 Å². The van der Waals surface area contributed by atoms with Crippen LogP contribution in [0.25, 0.3) is 0 Å². The number of hydrogen-bond acceptors (Lipinski definition) is 2. The third-order valence-electron chi connectivity index (χ3n) is 4.21. The molecule has 108 valence electrons. The Hall–Kier alpha value is -1.05. The Morgan fingerprint density at radius 1 is 1.47 bits per heavy atom. The molecule has 0 N–H and O–H groups in total. The van der Waals surface area contributed by atoms with E-state index in [-0.39, 0.29) is 5.97 Å². The van der Waals surface area contributed by atoms with Crippen molar-refractivity contribution in [3.8, 4) is 0 Å². The number of allylic oxidation sites excluding steroid dienone is 2. The lowest BCUT2D eigenvalue weighted by Crippen LogP contribution is -2.29. The van der Waals surface area contributed by atoms with Gasteiger partial charge in [0.15, 0.2) is 0 Å². The van der Waals surface area contributed by atoms with Crippen LogP contribution in [-0.2, 0) is 9.53 Å². The largest absolute Gasteiger partial charge is 0.461 e. The third-order valence-corrected chi connectivity index (χ3v) is 4.21. The van der Waals surface area contributed by atoms with Crippen LogP contribution in [0.4, 0.5) is 0 Å². The molecule has 0 heterocycles. The quantitative estimate of drug-likeness (QED) is 0.533. The number of hydrogen-bond donors (Lipinski definition) is 0. The van der Waals surface area contributed by atoms with Crippen LogP contribution in [0.1, 0.15) is 59.8 Å². The van der Waals surface area contributed by atoms with Crippen molar-refractivity contribution >= 4 is 5.97 Å². The number of esters is 1. The average Bonchev–Trinajstić information content (AvgIpc) is 2.30. The second-order valence-corrected chi connectivity index (χ2v) is 6.46. The van der Waals surface area contributed by atoms with Crippen molar-refractivity contribution in [2.45, 2.75) is 59.8 Å². The van der Waals surface area contributed by atoms with E-state index >= 15 is 0 Å². The minimum absolute atomic E-state index is 0.213. The first-order valence-corrected chi connectivity index (χ1v) is 7.29. The van der Waals surface area contributed by atoms with Gasteiger partial charge in [-0.3, -0.25) is 4.79 Å². The first kappa shape index (κ1) is 16.0. The van der Waals surface area contributed by atoms with Gasteiger partial charge in [0.25, 0.3) is 0 Å². The summed E-state index contributed by atoms with van der Waals surface area (Å²) >= 11 is 0. The summed E-state index contributed by atoms with van der Waals surface area (Å²) in [6.45, 7) is 12.9. The monoisotopic (exact) mass is 264 g/mol. The third kappa shape index (κ3) is 5.22. The topological polar surface area (TPSA) is 26.3 Å². The fraction of sp³-hybridized carbons (Fsp3) is 0.706. The van der Waals surface area contributed by atoms with Gasteiger partial charge >= 0.3 is 5.97 Å². The van der Waals surface area contributed by atoms with Gasteiger partial charge in [0.2, 0.25) is 0 Å². The summed E-state index contributed by atoms with van der Waals surface area (Å²) in [7, 11) is 0. The highest BCUT2D eigenvalue weighted by Gasteiger charge is 2.33. The van der Waals surface area contributed by atoms with E-state index in [1.165, 1.54) is 31.8 Å². The molecule has 1 atom stereocenters. The lowest BCUT2D eigenvalue weighted by Gasteiger charge is -2.40. The van der Waals surface area contributed by atoms with E-state index in [1.54, 1.807) is 0 Å². The summed E-state index contributed by atoms with van der Waals surface area (Å²) in [5.41, 5.74) is 2.93. The molecule has 1 rings (SSSR count). The number of carbonyl (C=O) groups is 1. The van der Waals surface area contributed by atoms with Crippen LogP contribution in [0, 0.1) is 11.3 Å². The highest BCUT2D eigenvalue weighted by Crippen LogP contribution is 2.45. The van der Waals surface area contributed by atoms with E-state index in [2.05, 4.69) is 26.5 Å². The zero-order valence-electron chi connectivity index (χ0n) is 12.9. The van der Waals surface area contributed by atoms with Gasteiger partial charge < -0.3 is 4.74 Å². The average molecular weight is 264 g/mol. The van der Waals surface area contributed by atoms with Crippen LogP contribution < -0.4 is 0 Å². The molecule has 0 aromatic heterocycles. The molecule has 1 unspecified atom stereocenters. The molecule has 2 heteroatoms. The molecule has 2 nitrogen and oxygen atoms in total. The smallest absolute Gasteiger partial charge is 0.302 e. The van der Waals surface area contributed by atoms with Gasteiger partial charge in [0.05, 0.1) is 0 Å².